The van der Waals surface area contributed by atoms with Crippen LogP contribution in [0.3, 0.4) is 0 Å². The van der Waals surface area contributed by atoms with Crippen LogP contribution in [0.1, 0.15) is 36.7 Å². The maximum atomic E-state index is 12.8. The van der Waals surface area contributed by atoms with Crippen LogP contribution in [-0.2, 0) is 4.74 Å². The second-order valence-corrected chi connectivity index (χ2v) is 6.11. The summed E-state index contributed by atoms with van der Waals surface area (Å²) in [6.07, 6.45) is 3.30. The van der Waals surface area contributed by atoms with Crippen LogP contribution in [0, 0.1) is 0 Å². The van der Waals surface area contributed by atoms with E-state index in [0.717, 1.165) is 52.2 Å². The molecule has 128 valence electrons. The number of hydrogen-bond donors (Lipinski definition) is 0. The molecule has 0 radical (unpaired) electrons. The lowest BCUT2D eigenvalue weighted by molar-refractivity contribution is 0.0157. The number of carbonyl (C=O) groups excluding carboxylic acids is 1. The molecule has 23 heavy (non-hydrogen) atoms. The fraction of sp³-hybridized carbons (Fsp3) is 0.706. The maximum Gasteiger partial charge on any atom is 0.290 e. The molecular weight excluding hydrogens is 296 g/mol. The molecule has 6 nitrogen and oxygen atoms in total. The highest BCUT2D eigenvalue weighted by Crippen LogP contribution is 2.23. The third-order valence-corrected chi connectivity index (χ3v) is 4.54. The van der Waals surface area contributed by atoms with Gasteiger partial charge < -0.3 is 18.8 Å². The van der Waals surface area contributed by atoms with Gasteiger partial charge in [-0.25, -0.2) is 0 Å². The fourth-order valence-corrected chi connectivity index (χ4v) is 3.34. The molecule has 2 fully saturated rings. The van der Waals surface area contributed by atoms with E-state index in [-0.39, 0.29) is 11.9 Å². The van der Waals surface area contributed by atoms with Crippen molar-refractivity contribution in [2.45, 2.75) is 32.2 Å². The Labute approximate surface area is 137 Å². The van der Waals surface area contributed by atoms with Crippen molar-refractivity contribution >= 4 is 5.91 Å². The van der Waals surface area contributed by atoms with Gasteiger partial charge in [-0.15, -0.1) is 0 Å². The predicted molar refractivity (Wildman–Crippen MR) is 85.8 cm³/mol. The highest BCUT2D eigenvalue weighted by Gasteiger charge is 2.31. The smallest absolute Gasteiger partial charge is 0.290 e. The molecule has 0 bridgehead atoms. The predicted octanol–water partition coefficient (Wildman–Crippen LogP) is 2.01. The number of morpholine rings is 1. The topological polar surface area (TPSA) is 55.2 Å². The van der Waals surface area contributed by atoms with Crippen molar-refractivity contribution in [3.05, 3.63) is 17.9 Å². The van der Waals surface area contributed by atoms with Crippen molar-refractivity contribution in [2.24, 2.45) is 0 Å². The van der Waals surface area contributed by atoms with E-state index >= 15 is 0 Å². The zero-order valence-corrected chi connectivity index (χ0v) is 13.8. The summed E-state index contributed by atoms with van der Waals surface area (Å²) in [5.74, 6) is 0.772. The Morgan fingerprint density at radius 2 is 2.09 bits per heavy atom. The highest BCUT2D eigenvalue weighted by molar-refractivity contribution is 5.92. The van der Waals surface area contributed by atoms with Gasteiger partial charge in [0.15, 0.2) is 5.76 Å². The van der Waals surface area contributed by atoms with Crippen LogP contribution in [0.5, 0.6) is 5.95 Å². The van der Waals surface area contributed by atoms with E-state index in [1.807, 2.05) is 11.8 Å². The Bertz CT molecular complexity index is 510. The molecule has 1 aromatic rings. The Morgan fingerprint density at radius 1 is 1.26 bits per heavy atom. The van der Waals surface area contributed by atoms with Crippen molar-refractivity contribution in [3.63, 3.8) is 0 Å². The molecule has 0 aromatic carbocycles. The van der Waals surface area contributed by atoms with Gasteiger partial charge in [0.05, 0.1) is 19.8 Å². The molecule has 1 aromatic heterocycles. The summed E-state index contributed by atoms with van der Waals surface area (Å²) >= 11 is 0. The largest absolute Gasteiger partial charge is 0.465 e. The minimum atomic E-state index is -0.0195. The molecule has 0 aliphatic carbocycles. The quantitative estimate of drug-likeness (QED) is 0.830. The number of piperidine rings is 1. The summed E-state index contributed by atoms with van der Waals surface area (Å²) in [6.45, 7) is 7.64. The summed E-state index contributed by atoms with van der Waals surface area (Å²) in [5, 5.41) is 0. The van der Waals surface area contributed by atoms with E-state index in [4.69, 9.17) is 13.9 Å². The number of furan rings is 1. The number of ether oxygens (including phenoxy) is 2. The summed E-state index contributed by atoms with van der Waals surface area (Å²) in [6, 6.07) is 3.70. The van der Waals surface area contributed by atoms with Crippen molar-refractivity contribution in [1.82, 2.24) is 9.80 Å². The number of nitrogens with zero attached hydrogens (tertiary/aromatic N) is 2. The van der Waals surface area contributed by atoms with Gasteiger partial charge in [-0.3, -0.25) is 9.69 Å². The second-order valence-electron chi connectivity index (χ2n) is 6.11. The molecule has 3 heterocycles. The molecule has 0 saturated carbocycles. The zero-order valence-electron chi connectivity index (χ0n) is 13.8. The molecule has 2 saturated heterocycles. The molecule has 1 unspecified atom stereocenters. The lowest BCUT2D eigenvalue weighted by atomic mass is 10.0. The zero-order chi connectivity index (χ0) is 16.1. The third kappa shape index (κ3) is 4.06. The van der Waals surface area contributed by atoms with Crippen LogP contribution >= 0.6 is 0 Å². The SMILES string of the molecule is CCOc1ccc(C(=O)N2CCCCC2CN2CCOCC2)o1. The van der Waals surface area contributed by atoms with Gasteiger partial charge in [-0.1, -0.05) is 0 Å². The van der Waals surface area contributed by atoms with E-state index < -0.39 is 0 Å². The number of rotatable bonds is 5. The lowest BCUT2D eigenvalue weighted by Gasteiger charge is -2.39. The Kier molecular flexibility index (Phi) is 5.56. The van der Waals surface area contributed by atoms with E-state index in [0.29, 0.717) is 18.3 Å². The number of amides is 1. The van der Waals surface area contributed by atoms with Crippen LogP contribution in [0.2, 0.25) is 0 Å². The molecule has 0 N–H and O–H groups in total. The normalized spacial score (nSPS) is 23.0. The summed E-state index contributed by atoms with van der Waals surface area (Å²) in [4.78, 5) is 17.2. The van der Waals surface area contributed by atoms with Gasteiger partial charge in [0.25, 0.3) is 11.9 Å². The Hall–Kier alpha value is -1.53. The summed E-state index contributed by atoms with van der Waals surface area (Å²) in [5.41, 5.74) is 0. The molecule has 2 aliphatic heterocycles. The van der Waals surface area contributed by atoms with Crippen LogP contribution in [0.25, 0.3) is 0 Å². The second kappa shape index (κ2) is 7.84. The first-order valence-electron chi connectivity index (χ1n) is 8.61. The first kappa shape index (κ1) is 16.3. The molecule has 1 amide bonds. The average molecular weight is 322 g/mol. The fourth-order valence-electron chi connectivity index (χ4n) is 3.34. The monoisotopic (exact) mass is 322 g/mol. The van der Waals surface area contributed by atoms with Gasteiger partial charge in [0.2, 0.25) is 0 Å². The van der Waals surface area contributed by atoms with Gasteiger partial charge in [-0.2, -0.15) is 0 Å². The minimum absolute atomic E-state index is 0.0195. The number of carbonyl (C=O) groups is 1. The molecule has 2 aliphatic rings. The van der Waals surface area contributed by atoms with Gasteiger partial charge >= 0.3 is 0 Å². The molecule has 1 atom stereocenters. The Morgan fingerprint density at radius 3 is 2.87 bits per heavy atom. The van der Waals surface area contributed by atoms with Crippen molar-refractivity contribution in [1.29, 1.82) is 0 Å². The standard InChI is InChI=1S/C17H26N2O4/c1-2-22-16-7-6-15(23-16)17(20)19-8-4-3-5-14(19)13-18-9-11-21-12-10-18/h6-7,14H,2-5,8-13H2,1H3. The molecule has 6 heteroatoms. The summed E-state index contributed by atoms with van der Waals surface area (Å²) < 4.78 is 16.3. The van der Waals surface area contributed by atoms with E-state index in [9.17, 15) is 4.79 Å². The van der Waals surface area contributed by atoms with E-state index in [1.54, 1.807) is 12.1 Å². The van der Waals surface area contributed by atoms with Crippen molar-refractivity contribution < 1.29 is 18.7 Å². The van der Waals surface area contributed by atoms with E-state index in [1.165, 1.54) is 6.42 Å². The first-order chi connectivity index (χ1) is 11.3. The Balaban J connectivity index is 1.65. The van der Waals surface area contributed by atoms with Crippen molar-refractivity contribution in [3.8, 4) is 5.95 Å². The van der Waals surface area contributed by atoms with Crippen LogP contribution in [0.4, 0.5) is 0 Å². The highest BCUT2D eigenvalue weighted by atomic mass is 16.6. The van der Waals surface area contributed by atoms with Crippen molar-refractivity contribution in [2.75, 3.05) is 46.0 Å². The van der Waals surface area contributed by atoms with Gasteiger partial charge in [0, 0.05) is 38.3 Å². The number of hydrogen-bond acceptors (Lipinski definition) is 5. The van der Waals surface area contributed by atoms with Crippen LogP contribution in [0.15, 0.2) is 16.5 Å². The maximum absolute atomic E-state index is 12.8. The average Bonchev–Trinajstić information content (AvgIpc) is 3.05. The first-order valence-corrected chi connectivity index (χ1v) is 8.61. The van der Waals surface area contributed by atoms with Gasteiger partial charge in [-0.05, 0) is 32.3 Å². The molecule has 0 spiro atoms. The van der Waals surface area contributed by atoms with Crippen LogP contribution < -0.4 is 4.74 Å². The van der Waals surface area contributed by atoms with E-state index in [2.05, 4.69) is 4.90 Å². The summed E-state index contributed by atoms with van der Waals surface area (Å²) in [7, 11) is 0. The number of likely N-dealkylation sites (tertiary alicyclic amines) is 1. The third-order valence-electron chi connectivity index (χ3n) is 4.54. The molecule has 3 rings (SSSR count). The molecular formula is C17H26N2O4. The minimum Gasteiger partial charge on any atom is -0.465 e. The van der Waals surface area contributed by atoms with Crippen LogP contribution in [-0.4, -0.2) is 67.7 Å². The van der Waals surface area contributed by atoms with Gasteiger partial charge in [0.1, 0.15) is 0 Å². The lowest BCUT2D eigenvalue weighted by Crippen LogP contribution is -2.51.